The topological polar surface area (TPSA) is 78.6 Å². The maximum Gasteiger partial charge on any atom is 0.234 e. The van der Waals surface area contributed by atoms with E-state index in [4.69, 9.17) is 10.8 Å². The second kappa shape index (κ2) is 4.69. The van der Waals surface area contributed by atoms with Gasteiger partial charge in [0, 0.05) is 19.1 Å². The van der Waals surface area contributed by atoms with Crippen LogP contribution in [0.3, 0.4) is 0 Å². The summed E-state index contributed by atoms with van der Waals surface area (Å²) >= 11 is 0. The van der Waals surface area contributed by atoms with Crippen molar-refractivity contribution in [3.8, 4) is 0 Å². The van der Waals surface area contributed by atoms with Crippen molar-refractivity contribution in [3.05, 3.63) is 0 Å². The molecule has 5 heteroatoms. The largest absolute Gasteiger partial charge is 0.394 e. The molecule has 1 saturated carbocycles. The minimum Gasteiger partial charge on any atom is -0.394 e. The van der Waals surface area contributed by atoms with Crippen molar-refractivity contribution in [3.63, 3.8) is 0 Å². The molecule has 1 aliphatic carbocycles. The van der Waals surface area contributed by atoms with Crippen molar-refractivity contribution in [1.82, 2.24) is 10.2 Å². The predicted octanol–water partition coefficient (Wildman–Crippen LogP) is -0.949. The molecule has 0 spiro atoms. The molecule has 0 atom stereocenters. The third-order valence-corrected chi connectivity index (χ3v) is 3.56. The minimum atomic E-state index is -0.288. The number of carbonyl (C=O) groups is 1. The Balaban J connectivity index is 1.71. The van der Waals surface area contributed by atoms with Gasteiger partial charge in [-0.1, -0.05) is 0 Å². The molecule has 0 aromatic heterocycles. The highest BCUT2D eigenvalue weighted by molar-refractivity contribution is 5.79. The lowest BCUT2D eigenvalue weighted by molar-refractivity contribution is -0.123. The van der Waals surface area contributed by atoms with E-state index in [1.54, 1.807) is 0 Å². The highest BCUT2D eigenvalue weighted by Crippen LogP contribution is 2.34. The van der Waals surface area contributed by atoms with Gasteiger partial charge in [-0.2, -0.15) is 0 Å². The first-order valence-corrected chi connectivity index (χ1v) is 6.03. The Morgan fingerprint density at radius 3 is 2.56 bits per heavy atom. The molecule has 0 radical (unpaired) electrons. The van der Waals surface area contributed by atoms with Crippen LogP contribution in [0.1, 0.15) is 25.7 Å². The number of nitrogens with one attached hydrogen (secondary N) is 1. The first-order chi connectivity index (χ1) is 7.63. The summed E-state index contributed by atoms with van der Waals surface area (Å²) in [4.78, 5) is 13.8. The third-order valence-electron chi connectivity index (χ3n) is 3.56. The van der Waals surface area contributed by atoms with E-state index in [1.165, 1.54) is 0 Å². The van der Waals surface area contributed by atoms with Crippen LogP contribution in [-0.2, 0) is 4.79 Å². The molecule has 1 aliphatic heterocycles. The Morgan fingerprint density at radius 1 is 1.44 bits per heavy atom. The molecule has 2 fully saturated rings. The van der Waals surface area contributed by atoms with Crippen LogP contribution in [0, 0.1) is 0 Å². The first-order valence-electron chi connectivity index (χ1n) is 6.03. The Bertz CT molecular complexity index is 258. The van der Waals surface area contributed by atoms with E-state index in [2.05, 4.69) is 10.2 Å². The smallest absolute Gasteiger partial charge is 0.234 e. The maximum absolute atomic E-state index is 11.7. The zero-order valence-corrected chi connectivity index (χ0v) is 9.61. The highest BCUT2D eigenvalue weighted by Gasteiger charge is 2.43. The number of hydrogen-bond acceptors (Lipinski definition) is 4. The van der Waals surface area contributed by atoms with Gasteiger partial charge in [0.25, 0.3) is 0 Å². The average molecular weight is 227 g/mol. The fourth-order valence-corrected chi connectivity index (χ4v) is 2.12. The van der Waals surface area contributed by atoms with Gasteiger partial charge in [0.2, 0.25) is 5.91 Å². The normalized spacial score (nSPS) is 25.4. The predicted molar refractivity (Wildman–Crippen MR) is 60.8 cm³/mol. The van der Waals surface area contributed by atoms with Gasteiger partial charge in [-0.15, -0.1) is 0 Å². The van der Waals surface area contributed by atoms with Crippen LogP contribution in [0.15, 0.2) is 0 Å². The summed E-state index contributed by atoms with van der Waals surface area (Å²) in [5.74, 6) is 0.0296. The Labute approximate surface area is 96.0 Å². The summed E-state index contributed by atoms with van der Waals surface area (Å²) < 4.78 is 0. The summed E-state index contributed by atoms with van der Waals surface area (Å²) in [7, 11) is 0. The van der Waals surface area contributed by atoms with Crippen molar-refractivity contribution in [2.75, 3.05) is 26.2 Å². The number of aliphatic hydroxyl groups is 1. The molecular formula is C11H21N3O2. The molecule has 0 bridgehead atoms. The fraction of sp³-hybridized carbons (Fsp3) is 0.909. The first kappa shape index (κ1) is 11.8. The minimum absolute atomic E-state index is 0.0296. The lowest BCUT2D eigenvalue weighted by atomic mass is 10.1. The Kier molecular flexibility index (Phi) is 3.47. The lowest BCUT2D eigenvalue weighted by Crippen LogP contribution is -2.48. The molecule has 0 unspecified atom stereocenters. The zero-order chi connectivity index (χ0) is 11.6. The third kappa shape index (κ3) is 2.93. The van der Waals surface area contributed by atoms with Gasteiger partial charge < -0.3 is 16.2 Å². The molecule has 0 aromatic carbocycles. The molecule has 16 heavy (non-hydrogen) atoms. The van der Waals surface area contributed by atoms with Gasteiger partial charge in [0.05, 0.1) is 18.7 Å². The molecular weight excluding hydrogens is 206 g/mol. The maximum atomic E-state index is 11.7. The standard InChI is InChI=1S/C11H21N3O2/c12-9-1-5-14(6-2-9)7-10(16)13-11(8-15)3-4-11/h9,15H,1-8,12H2,(H,13,16). The second-order valence-corrected chi connectivity index (χ2v) is 5.10. The SMILES string of the molecule is NC1CCN(CC(=O)NC2(CO)CC2)CC1. The number of likely N-dealkylation sites (tertiary alicyclic amines) is 1. The molecule has 0 aromatic rings. The van der Waals surface area contributed by atoms with Gasteiger partial charge in [0.1, 0.15) is 0 Å². The van der Waals surface area contributed by atoms with Crippen LogP contribution in [0.2, 0.25) is 0 Å². The monoisotopic (exact) mass is 227 g/mol. The molecule has 1 amide bonds. The lowest BCUT2D eigenvalue weighted by Gasteiger charge is -2.29. The molecule has 5 nitrogen and oxygen atoms in total. The molecule has 92 valence electrons. The van der Waals surface area contributed by atoms with Crippen LogP contribution in [0.4, 0.5) is 0 Å². The van der Waals surface area contributed by atoms with Crippen molar-refractivity contribution in [2.24, 2.45) is 5.73 Å². The van der Waals surface area contributed by atoms with E-state index in [-0.39, 0.29) is 18.1 Å². The molecule has 1 saturated heterocycles. The highest BCUT2D eigenvalue weighted by atomic mass is 16.3. The van der Waals surface area contributed by atoms with E-state index in [0.29, 0.717) is 12.6 Å². The summed E-state index contributed by atoms with van der Waals surface area (Å²) in [5.41, 5.74) is 5.51. The number of amides is 1. The van der Waals surface area contributed by atoms with Gasteiger partial charge in [-0.05, 0) is 25.7 Å². The number of rotatable bonds is 4. The van der Waals surface area contributed by atoms with E-state index < -0.39 is 0 Å². The van der Waals surface area contributed by atoms with Crippen molar-refractivity contribution in [1.29, 1.82) is 0 Å². The van der Waals surface area contributed by atoms with Crippen LogP contribution >= 0.6 is 0 Å². The van der Waals surface area contributed by atoms with Crippen molar-refractivity contribution in [2.45, 2.75) is 37.3 Å². The van der Waals surface area contributed by atoms with E-state index >= 15 is 0 Å². The number of carbonyl (C=O) groups excluding carboxylic acids is 1. The molecule has 1 heterocycles. The van der Waals surface area contributed by atoms with Crippen LogP contribution in [-0.4, -0.2) is 53.7 Å². The molecule has 2 rings (SSSR count). The number of nitrogens with two attached hydrogens (primary N) is 1. The second-order valence-electron chi connectivity index (χ2n) is 5.10. The van der Waals surface area contributed by atoms with Gasteiger partial charge in [-0.25, -0.2) is 0 Å². The molecule has 4 N–H and O–H groups in total. The van der Waals surface area contributed by atoms with Crippen LogP contribution in [0.25, 0.3) is 0 Å². The quantitative estimate of drug-likeness (QED) is 0.578. The Hall–Kier alpha value is -0.650. The van der Waals surface area contributed by atoms with Crippen LogP contribution in [0.5, 0.6) is 0 Å². The summed E-state index contributed by atoms with van der Waals surface area (Å²) in [6, 6.07) is 0.298. The summed E-state index contributed by atoms with van der Waals surface area (Å²) in [5, 5.41) is 12.0. The fourth-order valence-electron chi connectivity index (χ4n) is 2.12. The van der Waals surface area contributed by atoms with E-state index in [9.17, 15) is 4.79 Å². The van der Waals surface area contributed by atoms with Gasteiger partial charge >= 0.3 is 0 Å². The zero-order valence-electron chi connectivity index (χ0n) is 9.61. The number of nitrogens with zero attached hydrogens (tertiary/aromatic N) is 1. The van der Waals surface area contributed by atoms with Crippen molar-refractivity contribution >= 4 is 5.91 Å². The average Bonchev–Trinajstić information content (AvgIpc) is 3.02. The summed E-state index contributed by atoms with van der Waals surface area (Å²) in [6.45, 7) is 2.31. The van der Waals surface area contributed by atoms with Gasteiger partial charge in [-0.3, -0.25) is 9.69 Å². The number of aliphatic hydroxyl groups excluding tert-OH is 1. The molecule has 2 aliphatic rings. The number of piperidine rings is 1. The summed E-state index contributed by atoms with van der Waals surface area (Å²) in [6.07, 6.45) is 3.75. The number of hydrogen-bond donors (Lipinski definition) is 3. The van der Waals surface area contributed by atoms with Crippen molar-refractivity contribution < 1.29 is 9.90 Å². The van der Waals surface area contributed by atoms with E-state index in [0.717, 1.165) is 38.8 Å². The Morgan fingerprint density at radius 2 is 2.06 bits per heavy atom. The van der Waals surface area contributed by atoms with Crippen LogP contribution < -0.4 is 11.1 Å². The van der Waals surface area contributed by atoms with E-state index in [1.807, 2.05) is 0 Å². The van der Waals surface area contributed by atoms with Gasteiger partial charge in [0.15, 0.2) is 0 Å².